The minimum Gasteiger partial charge on any atom is -0.352 e. The topological polar surface area (TPSA) is 84.2 Å². The molecule has 0 spiro atoms. The molecule has 1 aromatic carbocycles. The Bertz CT molecular complexity index is 486. The van der Waals surface area contributed by atoms with Gasteiger partial charge in [0.1, 0.15) is 0 Å². The average molecular weight is 291 g/mol. The van der Waals surface area contributed by atoms with Crippen LogP contribution in [0.4, 0.5) is 5.69 Å². The molecule has 1 atom stereocenters. The number of carbonyl (C=O) groups excluding carboxylic acids is 2. The molecule has 0 bridgehead atoms. The molecule has 0 unspecified atom stereocenters. The Kier molecular flexibility index (Phi) is 6.88. The van der Waals surface area contributed by atoms with Crippen LogP contribution in [0.1, 0.15) is 44.0 Å². The van der Waals surface area contributed by atoms with Gasteiger partial charge in [-0.1, -0.05) is 32.9 Å². The quantitative estimate of drug-likeness (QED) is 0.719. The summed E-state index contributed by atoms with van der Waals surface area (Å²) in [6, 6.07) is 6.37. The molecule has 21 heavy (non-hydrogen) atoms. The van der Waals surface area contributed by atoms with Crippen LogP contribution in [0.5, 0.6) is 0 Å². The van der Waals surface area contributed by atoms with Gasteiger partial charge < -0.3 is 16.4 Å². The maximum atomic E-state index is 12.1. The maximum absolute atomic E-state index is 12.1. The molecule has 4 N–H and O–H groups in total. The Morgan fingerprint density at radius 2 is 1.90 bits per heavy atom. The number of hydrogen-bond acceptors (Lipinski definition) is 3. The molecule has 1 rings (SSSR count). The van der Waals surface area contributed by atoms with Crippen molar-refractivity contribution in [1.29, 1.82) is 0 Å². The highest BCUT2D eigenvalue weighted by Crippen LogP contribution is 2.16. The minimum atomic E-state index is -0.572. The largest absolute Gasteiger partial charge is 0.352 e. The predicted octanol–water partition coefficient (Wildman–Crippen LogP) is 2.14. The van der Waals surface area contributed by atoms with Crippen molar-refractivity contribution in [3.63, 3.8) is 0 Å². The van der Waals surface area contributed by atoms with Gasteiger partial charge in [-0.25, -0.2) is 0 Å². The van der Waals surface area contributed by atoms with Gasteiger partial charge in [0.15, 0.2) is 0 Å². The van der Waals surface area contributed by atoms with Gasteiger partial charge in [-0.3, -0.25) is 9.59 Å². The van der Waals surface area contributed by atoms with E-state index in [0.29, 0.717) is 30.1 Å². The Labute approximate surface area is 126 Å². The number of nitrogens with two attached hydrogens (primary N) is 1. The van der Waals surface area contributed by atoms with Crippen molar-refractivity contribution in [2.24, 2.45) is 11.7 Å². The lowest BCUT2D eigenvalue weighted by Crippen LogP contribution is -2.37. The molecule has 0 radical (unpaired) electrons. The molecule has 5 nitrogen and oxygen atoms in total. The first-order valence-electron chi connectivity index (χ1n) is 7.39. The van der Waals surface area contributed by atoms with Crippen LogP contribution in [-0.2, 0) is 4.79 Å². The summed E-state index contributed by atoms with van der Waals surface area (Å²) in [4.78, 5) is 24.1. The molecular weight excluding hydrogens is 266 g/mol. The smallest absolute Gasteiger partial charge is 0.253 e. The molecule has 0 saturated heterocycles. The molecule has 0 aliphatic heterocycles. The van der Waals surface area contributed by atoms with E-state index in [4.69, 9.17) is 5.73 Å². The van der Waals surface area contributed by atoms with Crippen LogP contribution in [-0.4, -0.2) is 24.4 Å². The third-order valence-corrected chi connectivity index (χ3v) is 3.03. The Balaban J connectivity index is 2.79. The summed E-state index contributed by atoms with van der Waals surface area (Å²) in [7, 11) is 0. The van der Waals surface area contributed by atoms with Crippen LogP contribution >= 0.6 is 0 Å². The van der Waals surface area contributed by atoms with Crippen molar-refractivity contribution < 1.29 is 9.59 Å². The highest BCUT2D eigenvalue weighted by molar-refractivity contribution is 6.04. The molecule has 1 aromatic rings. The Morgan fingerprint density at radius 3 is 2.52 bits per heavy atom. The number of nitrogens with one attached hydrogen (secondary N) is 2. The zero-order chi connectivity index (χ0) is 15.8. The molecular formula is C16H25N3O2. The molecule has 116 valence electrons. The molecule has 0 heterocycles. The summed E-state index contributed by atoms with van der Waals surface area (Å²) in [5.41, 5.74) is 6.81. The van der Waals surface area contributed by atoms with Crippen LogP contribution in [0.15, 0.2) is 24.3 Å². The third-order valence-electron chi connectivity index (χ3n) is 3.03. The number of para-hydroxylation sites is 1. The predicted molar refractivity (Wildman–Crippen MR) is 85.1 cm³/mol. The van der Waals surface area contributed by atoms with Crippen molar-refractivity contribution in [3.8, 4) is 0 Å². The fourth-order valence-electron chi connectivity index (χ4n) is 1.96. The number of rotatable bonds is 7. The number of amides is 2. The van der Waals surface area contributed by atoms with Gasteiger partial charge in [-0.05, 0) is 30.9 Å². The lowest BCUT2D eigenvalue weighted by molar-refractivity contribution is -0.117. The van der Waals surface area contributed by atoms with Gasteiger partial charge in [0.25, 0.3) is 5.91 Å². The van der Waals surface area contributed by atoms with E-state index in [1.54, 1.807) is 24.3 Å². The summed E-state index contributed by atoms with van der Waals surface area (Å²) < 4.78 is 0. The summed E-state index contributed by atoms with van der Waals surface area (Å²) in [6.07, 6.45) is 1.47. The van der Waals surface area contributed by atoms with E-state index in [1.807, 2.05) is 20.8 Å². The molecule has 5 heteroatoms. The minimum absolute atomic E-state index is 0.190. The first kappa shape index (κ1) is 17.2. The number of benzene rings is 1. The number of carbonyl (C=O) groups is 2. The summed E-state index contributed by atoms with van der Waals surface area (Å²) in [6.45, 7) is 6.62. The van der Waals surface area contributed by atoms with E-state index in [0.717, 1.165) is 6.42 Å². The summed E-state index contributed by atoms with van der Waals surface area (Å²) in [5, 5.41) is 5.55. The standard InChI is InChI=1S/C16H25N3O2/c1-4-9-18-15(20)12-7-5-6-8-14(12)19-16(21)13(17)10-11(2)3/h5-8,11,13H,4,9-10,17H2,1-3H3,(H,18,20)(H,19,21)/t13-/m1/s1. The monoisotopic (exact) mass is 291 g/mol. The second-order valence-corrected chi connectivity index (χ2v) is 5.53. The first-order valence-corrected chi connectivity index (χ1v) is 7.39. The van der Waals surface area contributed by atoms with Gasteiger partial charge in [0.05, 0.1) is 17.3 Å². The van der Waals surface area contributed by atoms with Crippen molar-refractivity contribution in [3.05, 3.63) is 29.8 Å². The van der Waals surface area contributed by atoms with Gasteiger partial charge >= 0.3 is 0 Å². The van der Waals surface area contributed by atoms with Gasteiger partial charge in [0.2, 0.25) is 5.91 Å². The van der Waals surface area contributed by atoms with E-state index in [-0.39, 0.29) is 11.8 Å². The zero-order valence-electron chi connectivity index (χ0n) is 13.0. The van der Waals surface area contributed by atoms with Crippen LogP contribution in [0.3, 0.4) is 0 Å². The number of anilines is 1. The first-order chi connectivity index (χ1) is 9.95. The molecule has 2 amide bonds. The number of hydrogen-bond donors (Lipinski definition) is 3. The third kappa shape index (κ3) is 5.55. The summed E-state index contributed by atoms with van der Waals surface area (Å²) in [5.74, 6) is -0.113. The Morgan fingerprint density at radius 1 is 1.24 bits per heavy atom. The van der Waals surface area contributed by atoms with Crippen LogP contribution < -0.4 is 16.4 Å². The molecule has 0 aromatic heterocycles. The van der Waals surface area contributed by atoms with Gasteiger partial charge in [-0.2, -0.15) is 0 Å². The van der Waals surface area contributed by atoms with Crippen LogP contribution in [0, 0.1) is 5.92 Å². The lowest BCUT2D eigenvalue weighted by Gasteiger charge is -2.16. The van der Waals surface area contributed by atoms with E-state index in [2.05, 4.69) is 10.6 Å². The second kappa shape index (κ2) is 8.42. The van der Waals surface area contributed by atoms with Crippen molar-refractivity contribution in [2.75, 3.05) is 11.9 Å². The maximum Gasteiger partial charge on any atom is 0.253 e. The fraction of sp³-hybridized carbons (Fsp3) is 0.500. The van der Waals surface area contributed by atoms with Crippen LogP contribution in [0.25, 0.3) is 0 Å². The van der Waals surface area contributed by atoms with Crippen LogP contribution in [0.2, 0.25) is 0 Å². The summed E-state index contributed by atoms with van der Waals surface area (Å²) >= 11 is 0. The SMILES string of the molecule is CCCNC(=O)c1ccccc1NC(=O)[C@H](N)CC(C)C. The highest BCUT2D eigenvalue weighted by Gasteiger charge is 2.18. The average Bonchev–Trinajstić information content (AvgIpc) is 2.44. The zero-order valence-corrected chi connectivity index (χ0v) is 13.0. The Hall–Kier alpha value is -1.88. The fourth-order valence-corrected chi connectivity index (χ4v) is 1.96. The van der Waals surface area contributed by atoms with Crippen molar-refractivity contribution in [1.82, 2.24) is 5.32 Å². The van der Waals surface area contributed by atoms with E-state index < -0.39 is 6.04 Å². The van der Waals surface area contributed by atoms with Crippen molar-refractivity contribution >= 4 is 17.5 Å². The van der Waals surface area contributed by atoms with E-state index in [1.165, 1.54) is 0 Å². The van der Waals surface area contributed by atoms with Crippen molar-refractivity contribution in [2.45, 2.75) is 39.7 Å². The molecule has 0 aliphatic rings. The second-order valence-electron chi connectivity index (χ2n) is 5.53. The normalized spacial score (nSPS) is 12.0. The van der Waals surface area contributed by atoms with Gasteiger partial charge in [0, 0.05) is 6.54 Å². The highest BCUT2D eigenvalue weighted by atomic mass is 16.2. The molecule has 0 saturated carbocycles. The van der Waals surface area contributed by atoms with E-state index in [9.17, 15) is 9.59 Å². The van der Waals surface area contributed by atoms with Gasteiger partial charge in [-0.15, -0.1) is 0 Å². The van der Waals surface area contributed by atoms with E-state index >= 15 is 0 Å². The molecule has 0 aliphatic carbocycles. The lowest BCUT2D eigenvalue weighted by atomic mass is 10.0. The molecule has 0 fully saturated rings.